The third-order valence-corrected chi connectivity index (χ3v) is 5.91. The molecule has 140 valence electrons. The fraction of sp³-hybridized carbons (Fsp3) is 0.400. The van der Waals surface area contributed by atoms with Gasteiger partial charge in [-0.3, -0.25) is 9.59 Å². The van der Waals surface area contributed by atoms with E-state index < -0.39 is 50.8 Å². The number of nitrogens with zero attached hydrogens (tertiary/aromatic N) is 2. The van der Waals surface area contributed by atoms with E-state index >= 15 is 0 Å². The van der Waals surface area contributed by atoms with Crippen LogP contribution in [0.2, 0.25) is 0 Å². The van der Waals surface area contributed by atoms with Gasteiger partial charge in [-0.1, -0.05) is 0 Å². The third-order valence-electron chi connectivity index (χ3n) is 4.16. The van der Waals surface area contributed by atoms with E-state index in [4.69, 9.17) is 0 Å². The molecule has 1 saturated heterocycles. The van der Waals surface area contributed by atoms with E-state index in [2.05, 4.69) is 10.4 Å². The maximum absolute atomic E-state index is 13.7. The zero-order valence-corrected chi connectivity index (χ0v) is 14.2. The Labute approximate surface area is 146 Å². The number of hydrogen-bond acceptors (Lipinski definition) is 5. The number of carbonyl (C=O) groups excluding carboxylic acids is 2. The Morgan fingerprint density at radius 1 is 1.19 bits per heavy atom. The Bertz CT molecular complexity index is 917. The van der Waals surface area contributed by atoms with Gasteiger partial charge >= 0.3 is 0 Å². The second kappa shape index (κ2) is 6.71. The molecule has 0 aliphatic carbocycles. The van der Waals surface area contributed by atoms with Crippen LogP contribution < -0.4 is 5.32 Å². The highest BCUT2D eigenvalue weighted by atomic mass is 32.2. The molecule has 2 heterocycles. The molecule has 1 fully saturated rings. The monoisotopic (exact) mass is 389 g/mol. The average Bonchev–Trinajstić information content (AvgIpc) is 2.95. The molecule has 1 N–H and O–H groups in total. The van der Waals surface area contributed by atoms with E-state index in [-0.39, 0.29) is 36.5 Å². The summed E-state index contributed by atoms with van der Waals surface area (Å²) in [6.07, 6.45) is 0.110. The zero-order chi connectivity index (χ0) is 19.1. The Morgan fingerprint density at radius 2 is 1.92 bits per heavy atom. The molecule has 1 aromatic carbocycles. The second-order valence-corrected chi connectivity index (χ2v) is 8.25. The average molecular weight is 389 g/mol. The molecule has 2 aliphatic rings. The summed E-state index contributed by atoms with van der Waals surface area (Å²) in [6.45, 7) is 0. The lowest BCUT2D eigenvalue weighted by molar-refractivity contribution is -0.133. The summed E-state index contributed by atoms with van der Waals surface area (Å²) in [6, 6.07) is 0.868. The first-order valence-electron chi connectivity index (χ1n) is 7.73. The SMILES string of the molecule is O=C(Nc1ccc(F)c(F)c1F)C1=NN([C@H]2CCS(=O)(=O)C2)C(=O)CC1. The van der Waals surface area contributed by atoms with Crippen LogP contribution in [0.1, 0.15) is 19.3 Å². The minimum Gasteiger partial charge on any atom is -0.318 e. The van der Waals surface area contributed by atoms with E-state index in [0.717, 1.165) is 11.1 Å². The Kier molecular flexibility index (Phi) is 4.74. The van der Waals surface area contributed by atoms with Gasteiger partial charge in [0.25, 0.3) is 5.91 Å². The molecule has 26 heavy (non-hydrogen) atoms. The molecule has 1 atom stereocenters. The van der Waals surface area contributed by atoms with Gasteiger partial charge in [0.15, 0.2) is 27.3 Å². The van der Waals surface area contributed by atoms with Crippen molar-refractivity contribution in [3.8, 4) is 0 Å². The van der Waals surface area contributed by atoms with Gasteiger partial charge in [-0.05, 0) is 18.6 Å². The van der Waals surface area contributed by atoms with Gasteiger partial charge in [0.05, 0.1) is 23.2 Å². The summed E-state index contributed by atoms with van der Waals surface area (Å²) in [4.78, 5) is 24.2. The fourth-order valence-electron chi connectivity index (χ4n) is 2.81. The quantitative estimate of drug-likeness (QED) is 0.786. The largest absolute Gasteiger partial charge is 0.318 e. The molecule has 0 saturated carbocycles. The number of sulfone groups is 1. The van der Waals surface area contributed by atoms with Crippen LogP contribution >= 0.6 is 0 Å². The summed E-state index contributed by atoms with van der Waals surface area (Å²) >= 11 is 0. The summed E-state index contributed by atoms with van der Waals surface area (Å²) in [5, 5.41) is 6.97. The molecule has 3 rings (SSSR count). The Morgan fingerprint density at radius 3 is 2.58 bits per heavy atom. The van der Waals surface area contributed by atoms with Crippen molar-refractivity contribution >= 4 is 33.1 Å². The number of hydrazone groups is 1. The molecule has 0 aromatic heterocycles. The number of amides is 2. The van der Waals surface area contributed by atoms with Crippen molar-refractivity contribution in [3.05, 3.63) is 29.6 Å². The third kappa shape index (κ3) is 3.57. The number of halogens is 3. The molecule has 2 aliphatic heterocycles. The standard InChI is InChI=1S/C15H14F3N3O4S/c16-9-1-2-10(14(18)13(9)17)19-15(23)11-3-4-12(22)21(20-11)8-5-6-26(24,25)7-8/h1-2,8H,3-7H2,(H,19,23)/t8-/m0/s1. The first-order valence-corrected chi connectivity index (χ1v) is 9.55. The van der Waals surface area contributed by atoms with E-state index in [1.165, 1.54) is 0 Å². The van der Waals surface area contributed by atoms with Crippen molar-refractivity contribution in [1.82, 2.24) is 5.01 Å². The number of anilines is 1. The summed E-state index contributed by atoms with van der Waals surface area (Å²) in [7, 11) is -3.26. The first-order chi connectivity index (χ1) is 12.2. The maximum atomic E-state index is 13.7. The number of rotatable bonds is 3. The van der Waals surface area contributed by atoms with E-state index in [1.54, 1.807) is 0 Å². The van der Waals surface area contributed by atoms with E-state index in [9.17, 15) is 31.2 Å². The van der Waals surface area contributed by atoms with Crippen molar-refractivity contribution in [2.75, 3.05) is 16.8 Å². The summed E-state index contributed by atoms with van der Waals surface area (Å²) in [5.74, 6) is -6.27. The van der Waals surface area contributed by atoms with Crippen LogP contribution in [0.3, 0.4) is 0 Å². The molecule has 0 spiro atoms. The van der Waals surface area contributed by atoms with Crippen LogP contribution in [0.15, 0.2) is 17.2 Å². The molecule has 1 aromatic rings. The number of hydrogen-bond donors (Lipinski definition) is 1. The van der Waals surface area contributed by atoms with Crippen molar-refractivity contribution in [3.63, 3.8) is 0 Å². The van der Waals surface area contributed by atoms with Gasteiger partial charge in [-0.25, -0.2) is 26.6 Å². The minimum atomic E-state index is -3.26. The lowest BCUT2D eigenvalue weighted by Crippen LogP contribution is -2.42. The predicted molar refractivity (Wildman–Crippen MR) is 85.5 cm³/mol. The van der Waals surface area contributed by atoms with Gasteiger partial charge in [0, 0.05) is 12.8 Å². The fourth-order valence-corrected chi connectivity index (χ4v) is 4.50. The molecule has 11 heteroatoms. The topological polar surface area (TPSA) is 95.9 Å². The highest BCUT2D eigenvalue weighted by Gasteiger charge is 2.37. The lowest BCUT2D eigenvalue weighted by Gasteiger charge is -2.27. The van der Waals surface area contributed by atoms with E-state index in [1.807, 2.05) is 0 Å². The Hall–Kier alpha value is -2.43. The smallest absolute Gasteiger partial charge is 0.271 e. The van der Waals surface area contributed by atoms with Crippen molar-refractivity contribution < 1.29 is 31.2 Å². The van der Waals surface area contributed by atoms with Gasteiger partial charge in [0.2, 0.25) is 5.91 Å². The molecule has 0 radical (unpaired) electrons. The number of benzene rings is 1. The molecule has 0 unspecified atom stereocenters. The van der Waals surface area contributed by atoms with Crippen LogP contribution in [-0.2, 0) is 19.4 Å². The van der Waals surface area contributed by atoms with Gasteiger partial charge < -0.3 is 5.32 Å². The van der Waals surface area contributed by atoms with Crippen molar-refractivity contribution in [2.24, 2.45) is 5.10 Å². The minimum absolute atomic E-state index is 0.0358. The molecular formula is C15H14F3N3O4S. The highest BCUT2D eigenvalue weighted by Crippen LogP contribution is 2.23. The zero-order valence-electron chi connectivity index (χ0n) is 13.3. The predicted octanol–water partition coefficient (Wildman–Crippen LogP) is 1.21. The van der Waals surface area contributed by atoms with Gasteiger partial charge in [-0.15, -0.1) is 0 Å². The molecule has 0 bridgehead atoms. The first kappa shape index (κ1) is 18.4. The molecule has 7 nitrogen and oxygen atoms in total. The normalized spacial score (nSPS) is 22.3. The summed E-state index contributed by atoms with van der Waals surface area (Å²) < 4.78 is 63.0. The second-order valence-electron chi connectivity index (χ2n) is 6.02. The maximum Gasteiger partial charge on any atom is 0.271 e. The van der Waals surface area contributed by atoms with E-state index in [0.29, 0.717) is 6.07 Å². The van der Waals surface area contributed by atoms with Crippen LogP contribution in [0.5, 0.6) is 0 Å². The number of carbonyl (C=O) groups is 2. The van der Waals surface area contributed by atoms with Crippen LogP contribution in [-0.4, -0.2) is 48.5 Å². The van der Waals surface area contributed by atoms with Crippen LogP contribution in [0, 0.1) is 17.5 Å². The van der Waals surface area contributed by atoms with Gasteiger partial charge in [-0.2, -0.15) is 5.10 Å². The molecular weight excluding hydrogens is 375 g/mol. The lowest BCUT2D eigenvalue weighted by atomic mass is 10.1. The molecule has 2 amide bonds. The Balaban J connectivity index is 1.80. The van der Waals surface area contributed by atoms with Crippen LogP contribution in [0.4, 0.5) is 18.9 Å². The van der Waals surface area contributed by atoms with Crippen molar-refractivity contribution in [1.29, 1.82) is 0 Å². The van der Waals surface area contributed by atoms with Gasteiger partial charge in [0.1, 0.15) is 5.71 Å². The number of nitrogens with one attached hydrogen (secondary N) is 1. The summed E-state index contributed by atoms with van der Waals surface area (Å²) in [5.41, 5.74) is -0.693. The van der Waals surface area contributed by atoms with Crippen molar-refractivity contribution in [2.45, 2.75) is 25.3 Å². The highest BCUT2D eigenvalue weighted by molar-refractivity contribution is 7.91. The van der Waals surface area contributed by atoms with Crippen LogP contribution in [0.25, 0.3) is 0 Å².